The quantitative estimate of drug-likeness (QED) is 0.195. The van der Waals surface area contributed by atoms with E-state index in [1.54, 1.807) is 17.4 Å². The predicted molar refractivity (Wildman–Crippen MR) is 181 cm³/mol. The number of aromatic hydroxyl groups is 1. The number of rotatable bonds is 10. The smallest absolute Gasteiger partial charge is 0.119 e. The monoisotopic (exact) mass is 610 g/mol. The molecule has 3 aliphatic rings. The molecule has 2 saturated heterocycles. The molecule has 0 spiro atoms. The Hall–Kier alpha value is -3.06. The van der Waals surface area contributed by atoms with E-state index in [4.69, 9.17) is 9.47 Å². The summed E-state index contributed by atoms with van der Waals surface area (Å²) in [6.45, 7) is 6.57. The molecule has 4 aromatic rings. The molecule has 1 N–H and O–H groups in total. The van der Waals surface area contributed by atoms with Gasteiger partial charge in [0.05, 0.1) is 0 Å². The number of thiophene rings is 1. The normalized spacial score (nSPS) is 21.5. The zero-order chi connectivity index (χ0) is 29.7. The van der Waals surface area contributed by atoms with Gasteiger partial charge < -0.3 is 14.6 Å². The van der Waals surface area contributed by atoms with Crippen LogP contribution in [0.15, 0.2) is 66.7 Å². The van der Waals surface area contributed by atoms with Crippen LogP contribution < -0.4 is 9.47 Å². The van der Waals surface area contributed by atoms with Gasteiger partial charge in [-0.2, -0.15) is 0 Å². The van der Waals surface area contributed by atoms with Gasteiger partial charge in [-0.25, -0.2) is 0 Å². The highest BCUT2D eigenvalue weighted by atomic mass is 32.1. The van der Waals surface area contributed by atoms with Crippen LogP contribution in [0.25, 0.3) is 20.5 Å². The van der Waals surface area contributed by atoms with E-state index < -0.39 is 0 Å². The Morgan fingerprint density at radius 3 is 2.27 bits per heavy atom. The first-order chi connectivity index (χ1) is 21.7. The van der Waals surface area contributed by atoms with Gasteiger partial charge in [-0.15, -0.1) is 11.3 Å². The molecule has 5 nitrogen and oxygen atoms in total. The number of phenols is 1. The van der Waals surface area contributed by atoms with Gasteiger partial charge in [-0.3, -0.25) is 9.80 Å². The molecule has 3 heterocycles. The second-order valence-corrected chi connectivity index (χ2v) is 14.0. The summed E-state index contributed by atoms with van der Waals surface area (Å²) in [6.07, 6.45) is 12.7. The Morgan fingerprint density at radius 2 is 1.48 bits per heavy atom. The molecule has 7 rings (SSSR count). The van der Waals surface area contributed by atoms with Crippen molar-refractivity contribution in [2.45, 2.75) is 76.4 Å². The highest BCUT2D eigenvalue weighted by molar-refractivity contribution is 7.22. The van der Waals surface area contributed by atoms with Crippen LogP contribution in [-0.2, 0) is 6.42 Å². The summed E-state index contributed by atoms with van der Waals surface area (Å²) < 4.78 is 13.9. The van der Waals surface area contributed by atoms with Crippen LogP contribution in [-0.4, -0.2) is 66.4 Å². The number of piperidine rings is 1. The minimum Gasteiger partial charge on any atom is -0.508 e. The number of fused-ring (bicyclic) bond motifs is 1. The second kappa shape index (κ2) is 13.9. The van der Waals surface area contributed by atoms with Crippen LogP contribution in [0, 0.1) is 0 Å². The summed E-state index contributed by atoms with van der Waals surface area (Å²) in [7, 11) is 0. The van der Waals surface area contributed by atoms with Crippen molar-refractivity contribution in [2.24, 2.45) is 0 Å². The Labute approximate surface area is 266 Å². The van der Waals surface area contributed by atoms with Crippen molar-refractivity contribution >= 4 is 21.4 Å². The van der Waals surface area contributed by atoms with Crippen molar-refractivity contribution in [1.29, 1.82) is 0 Å². The van der Waals surface area contributed by atoms with Crippen molar-refractivity contribution in [3.63, 3.8) is 0 Å². The summed E-state index contributed by atoms with van der Waals surface area (Å²) in [5.41, 5.74) is 3.70. The van der Waals surface area contributed by atoms with Crippen molar-refractivity contribution in [2.75, 3.05) is 39.3 Å². The lowest BCUT2D eigenvalue weighted by molar-refractivity contribution is 0.0261. The van der Waals surface area contributed by atoms with Crippen LogP contribution in [0.1, 0.15) is 68.9 Å². The SMILES string of the molecule is Oc1ccc2sc(-c3ccc(OCCN4CCCC4)cc3)c(Cc3ccc(OC4CCCC[C@H]4N4CCCCC4)cc3)c2c1. The lowest BCUT2D eigenvalue weighted by atomic mass is 9.90. The molecular weight excluding hydrogens is 564 g/mol. The third-order valence-electron chi connectivity index (χ3n) is 9.88. The molecule has 6 heteroatoms. The molecule has 1 aromatic heterocycles. The van der Waals surface area contributed by atoms with E-state index in [2.05, 4.69) is 58.3 Å². The molecule has 0 radical (unpaired) electrons. The van der Waals surface area contributed by atoms with E-state index in [0.29, 0.717) is 11.8 Å². The largest absolute Gasteiger partial charge is 0.508 e. The fourth-order valence-corrected chi connectivity index (χ4v) is 8.70. The molecule has 3 aromatic carbocycles. The van der Waals surface area contributed by atoms with Gasteiger partial charge in [-0.1, -0.05) is 25.0 Å². The van der Waals surface area contributed by atoms with E-state index in [-0.39, 0.29) is 6.10 Å². The maximum Gasteiger partial charge on any atom is 0.119 e. The number of phenolic OH excluding ortho intramolecular Hbond substituents is 1. The summed E-state index contributed by atoms with van der Waals surface area (Å²) in [6, 6.07) is 23.6. The Bertz CT molecular complexity index is 1500. The number of benzene rings is 3. The van der Waals surface area contributed by atoms with E-state index >= 15 is 0 Å². The zero-order valence-electron chi connectivity index (χ0n) is 25.9. The van der Waals surface area contributed by atoms with Gasteiger partial charge in [0.25, 0.3) is 0 Å². The molecule has 232 valence electrons. The van der Waals surface area contributed by atoms with Gasteiger partial charge in [-0.05, 0) is 149 Å². The Balaban J connectivity index is 1.06. The zero-order valence-corrected chi connectivity index (χ0v) is 26.7. The van der Waals surface area contributed by atoms with Crippen LogP contribution in [0.2, 0.25) is 0 Å². The highest BCUT2D eigenvalue weighted by Gasteiger charge is 2.32. The topological polar surface area (TPSA) is 45.2 Å². The minimum atomic E-state index is 0.287. The van der Waals surface area contributed by atoms with Gasteiger partial charge >= 0.3 is 0 Å². The molecule has 44 heavy (non-hydrogen) atoms. The fraction of sp³-hybridized carbons (Fsp3) is 0.474. The summed E-state index contributed by atoms with van der Waals surface area (Å²) in [4.78, 5) is 6.43. The summed E-state index contributed by atoms with van der Waals surface area (Å²) in [5.74, 6) is 2.21. The van der Waals surface area contributed by atoms with Gasteiger partial charge in [0.15, 0.2) is 0 Å². The van der Waals surface area contributed by atoms with Gasteiger partial charge in [0.1, 0.15) is 30.0 Å². The standard InChI is InChI=1S/C38H46N2O3S/c41-30-14-19-37-33(27-30)34(38(44-37)29-12-17-31(18-13-29)42-25-24-39-20-6-7-21-39)26-28-10-15-32(16-11-28)43-36-9-3-2-8-35(36)40-22-4-1-5-23-40/h10-19,27,35-36,41H,1-9,20-26H2/t35-,36?/m1/s1. The molecular formula is C38H46N2O3S. The Morgan fingerprint density at radius 1 is 0.750 bits per heavy atom. The fourth-order valence-electron chi connectivity index (χ4n) is 7.49. The lowest BCUT2D eigenvalue weighted by Gasteiger charge is -2.41. The van der Waals surface area contributed by atoms with Gasteiger partial charge in [0, 0.05) is 27.5 Å². The number of nitrogens with zero attached hydrogens (tertiary/aromatic N) is 2. The maximum atomic E-state index is 10.4. The van der Waals surface area contributed by atoms with Crippen molar-refractivity contribution in [3.05, 3.63) is 77.9 Å². The number of hydrogen-bond acceptors (Lipinski definition) is 6. The molecule has 1 unspecified atom stereocenters. The second-order valence-electron chi connectivity index (χ2n) is 12.9. The van der Waals surface area contributed by atoms with Crippen LogP contribution in [0.5, 0.6) is 17.2 Å². The van der Waals surface area contributed by atoms with Crippen LogP contribution in [0.3, 0.4) is 0 Å². The molecule has 1 aliphatic carbocycles. The average molecular weight is 611 g/mol. The van der Waals surface area contributed by atoms with E-state index in [9.17, 15) is 5.11 Å². The molecule has 0 bridgehead atoms. The van der Waals surface area contributed by atoms with Crippen molar-refractivity contribution in [1.82, 2.24) is 9.80 Å². The molecule has 0 amide bonds. The van der Waals surface area contributed by atoms with Crippen molar-refractivity contribution < 1.29 is 14.6 Å². The third kappa shape index (κ3) is 6.93. The van der Waals surface area contributed by atoms with E-state index in [1.807, 2.05) is 12.1 Å². The molecule has 1 saturated carbocycles. The first-order valence-corrected chi connectivity index (χ1v) is 17.7. The first kappa shape index (κ1) is 29.6. The minimum absolute atomic E-state index is 0.287. The highest BCUT2D eigenvalue weighted by Crippen LogP contribution is 2.42. The summed E-state index contributed by atoms with van der Waals surface area (Å²) >= 11 is 1.80. The van der Waals surface area contributed by atoms with Crippen molar-refractivity contribution in [3.8, 4) is 27.7 Å². The first-order valence-electron chi connectivity index (χ1n) is 16.9. The molecule has 3 fully saturated rings. The lowest BCUT2D eigenvalue weighted by Crippen LogP contribution is -2.49. The van der Waals surface area contributed by atoms with Crippen LogP contribution >= 0.6 is 11.3 Å². The summed E-state index contributed by atoms with van der Waals surface area (Å²) in [5, 5.41) is 11.5. The Kier molecular flexibility index (Phi) is 9.38. The van der Waals surface area contributed by atoms with Crippen LogP contribution in [0.4, 0.5) is 0 Å². The number of hydrogen-bond donors (Lipinski definition) is 1. The maximum absolute atomic E-state index is 10.4. The third-order valence-corrected chi connectivity index (χ3v) is 11.1. The van der Waals surface area contributed by atoms with E-state index in [0.717, 1.165) is 42.9 Å². The predicted octanol–water partition coefficient (Wildman–Crippen LogP) is 8.52. The molecule has 2 aliphatic heterocycles. The molecule has 2 atom stereocenters. The van der Waals surface area contributed by atoms with E-state index in [1.165, 1.54) is 104 Å². The number of ether oxygens (including phenoxy) is 2. The number of likely N-dealkylation sites (tertiary alicyclic amines) is 2. The van der Waals surface area contributed by atoms with Gasteiger partial charge in [0.2, 0.25) is 0 Å². The average Bonchev–Trinajstić information content (AvgIpc) is 3.71.